The van der Waals surface area contributed by atoms with E-state index in [-0.39, 0.29) is 5.69 Å². The molecule has 0 unspecified atom stereocenters. The number of carbonyl (C=O) groups is 1. The third kappa shape index (κ3) is 1.67. The van der Waals surface area contributed by atoms with Crippen LogP contribution >= 0.6 is 0 Å². The molecule has 1 aromatic heterocycles. The van der Waals surface area contributed by atoms with Crippen molar-refractivity contribution in [3.8, 4) is 5.75 Å². The number of pyridine rings is 1. The first-order valence-corrected chi connectivity index (χ1v) is 2.89. The van der Waals surface area contributed by atoms with Crippen molar-refractivity contribution in [3.05, 3.63) is 24.0 Å². The molecule has 0 aromatic carbocycles. The second kappa shape index (κ2) is 3.01. The average Bonchev–Trinajstić information content (AvgIpc) is 2.05. The summed E-state index contributed by atoms with van der Waals surface area (Å²) in [6.45, 7) is 0. The van der Waals surface area contributed by atoms with Gasteiger partial charge >= 0.3 is 5.97 Å². The Labute approximate surface area is 63.5 Å². The molecular weight excluding hydrogens is 146 g/mol. The van der Waals surface area contributed by atoms with Crippen LogP contribution in [0.15, 0.2) is 12.3 Å². The SMILES string of the molecule is COc1[c]c(C(=O)O)ncc1. The summed E-state index contributed by atoms with van der Waals surface area (Å²) in [6, 6.07) is 3.99. The van der Waals surface area contributed by atoms with Gasteiger partial charge in [0.2, 0.25) is 0 Å². The summed E-state index contributed by atoms with van der Waals surface area (Å²) in [4.78, 5) is 13.9. The van der Waals surface area contributed by atoms with E-state index < -0.39 is 5.97 Å². The van der Waals surface area contributed by atoms with Crippen molar-refractivity contribution in [2.24, 2.45) is 0 Å². The molecule has 0 aliphatic carbocycles. The predicted octanol–water partition coefficient (Wildman–Crippen LogP) is 0.589. The molecule has 0 amide bonds. The number of aromatic nitrogens is 1. The summed E-state index contributed by atoms with van der Waals surface area (Å²) in [5.74, 6) is -0.735. The summed E-state index contributed by atoms with van der Waals surface area (Å²) in [5.41, 5.74) is -0.135. The molecule has 1 aromatic rings. The van der Waals surface area contributed by atoms with Crippen LogP contribution < -0.4 is 4.74 Å². The Balaban J connectivity index is 3.01. The molecule has 0 saturated heterocycles. The molecule has 0 aliphatic rings. The lowest BCUT2D eigenvalue weighted by molar-refractivity contribution is 0.0689. The van der Waals surface area contributed by atoms with Crippen LogP contribution in [0.1, 0.15) is 10.5 Å². The number of hydrogen-bond donors (Lipinski definition) is 1. The van der Waals surface area contributed by atoms with E-state index in [1.807, 2.05) is 0 Å². The fourth-order valence-electron chi connectivity index (χ4n) is 0.598. The Morgan fingerprint density at radius 3 is 3.09 bits per heavy atom. The smallest absolute Gasteiger partial charge is 0.355 e. The molecule has 0 atom stereocenters. The Bertz CT molecular complexity index is 272. The number of ether oxygens (including phenoxy) is 1. The highest BCUT2D eigenvalue weighted by atomic mass is 16.5. The molecule has 1 rings (SSSR count). The number of methoxy groups -OCH3 is 1. The van der Waals surface area contributed by atoms with Gasteiger partial charge in [-0.3, -0.25) is 0 Å². The zero-order chi connectivity index (χ0) is 8.27. The number of nitrogens with zero attached hydrogens (tertiary/aromatic N) is 1. The molecule has 0 bridgehead atoms. The zero-order valence-electron chi connectivity index (χ0n) is 5.87. The quantitative estimate of drug-likeness (QED) is 0.673. The van der Waals surface area contributed by atoms with Gasteiger partial charge in [0.25, 0.3) is 0 Å². The van der Waals surface area contributed by atoms with Gasteiger partial charge < -0.3 is 9.84 Å². The molecule has 0 fully saturated rings. The molecule has 0 saturated carbocycles. The normalized spacial score (nSPS) is 9.18. The van der Waals surface area contributed by atoms with Gasteiger partial charge in [0, 0.05) is 6.20 Å². The lowest BCUT2D eigenvalue weighted by atomic mass is 10.3. The topological polar surface area (TPSA) is 59.4 Å². The number of carboxylic acid groups (broad SMARTS) is 1. The minimum atomic E-state index is -1.11. The largest absolute Gasteiger partial charge is 0.496 e. The minimum Gasteiger partial charge on any atom is -0.496 e. The summed E-state index contributed by atoms with van der Waals surface area (Å²) in [5, 5.41) is 8.46. The van der Waals surface area contributed by atoms with E-state index in [0.29, 0.717) is 5.75 Å². The monoisotopic (exact) mass is 152 g/mol. The molecule has 57 valence electrons. The number of aromatic carboxylic acids is 1. The van der Waals surface area contributed by atoms with Crippen LogP contribution in [0, 0.1) is 6.07 Å². The second-order valence-corrected chi connectivity index (χ2v) is 1.79. The van der Waals surface area contributed by atoms with Gasteiger partial charge in [0.1, 0.15) is 5.75 Å². The lowest BCUT2D eigenvalue weighted by Gasteiger charge is -1.97. The summed E-state index contributed by atoms with van der Waals surface area (Å²) in [7, 11) is 1.44. The molecule has 0 spiro atoms. The van der Waals surface area contributed by atoms with Crippen LogP contribution in [0.4, 0.5) is 0 Å². The van der Waals surface area contributed by atoms with Gasteiger partial charge in [0.15, 0.2) is 5.69 Å². The molecule has 11 heavy (non-hydrogen) atoms. The predicted molar refractivity (Wildman–Crippen MR) is 36.6 cm³/mol. The fourth-order valence-corrected chi connectivity index (χ4v) is 0.598. The Kier molecular flexibility index (Phi) is 2.06. The van der Waals surface area contributed by atoms with E-state index in [4.69, 9.17) is 9.84 Å². The van der Waals surface area contributed by atoms with Gasteiger partial charge in [-0.1, -0.05) is 0 Å². The van der Waals surface area contributed by atoms with Crippen molar-refractivity contribution in [2.45, 2.75) is 0 Å². The van der Waals surface area contributed by atoms with E-state index >= 15 is 0 Å². The van der Waals surface area contributed by atoms with Crippen molar-refractivity contribution < 1.29 is 14.6 Å². The first-order valence-electron chi connectivity index (χ1n) is 2.89. The van der Waals surface area contributed by atoms with E-state index in [1.165, 1.54) is 19.4 Å². The van der Waals surface area contributed by atoms with Crippen LogP contribution in [0.2, 0.25) is 0 Å². The Hall–Kier alpha value is -1.58. The van der Waals surface area contributed by atoms with Crippen LogP contribution in [-0.4, -0.2) is 23.2 Å². The highest BCUT2D eigenvalue weighted by Gasteiger charge is 2.04. The maximum absolute atomic E-state index is 10.3. The Morgan fingerprint density at radius 2 is 2.55 bits per heavy atom. The van der Waals surface area contributed by atoms with Crippen molar-refractivity contribution in [2.75, 3.05) is 7.11 Å². The van der Waals surface area contributed by atoms with E-state index in [0.717, 1.165) is 0 Å². The molecule has 4 heteroatoms. The average molecular weight is 152 g/mol. The summed E-state index contributed by atoms with van der Waals surface area (Å²) >= 11 is 0. The van der Waals surface area contributed by atoms with Gasteiger partial charge in [-0.05, 0) is 6.07 Å². The summed E-state index contributed by atoms with van der Waals surface area (Å²) < 4.78 is 4.75. The lowest BCUT2D eigenvalue weighted by Crippen LogP contribution is -2.00. The van der Waals surface area contributed by atoms with Gasteiger partial charge in [-0.2, -0.15) is 0 Å². The van der Waals surface area contributed by atoms with E-state index in [9.17, 15) is 4.79 Å². The molecule has 1 heterocycles. The minimum absolute atomic E-state index is 0.135. The van der Waals surface area contributed by atoms with Crippen molar-refractivity contribution in [3.63, 3.8) is 0 Å². The molecule has 4 nitrogen and oxygen atoms in total. The first-order chi connectivity index (χ1) is 5.24. The third-order valence-electron chi connectivity index (χ3n) is 1.09. The van der Waals surface area contributed by atoms with Crippen molar-refractivity contribution in [1.29, 1.82) is 0 Å². The second-order valence-electron chi connectivity index (χ2n) is 1.79. The van der Waals surface area contributed by atoms with Crippen LogP contribution in [0.25, 0.3) is 0 Å². The Morgan fingerprint density at radius 1 is 1.82 bits per heavy atom. The van der Waals surface area contributed by atoms with E-state index in [1.54, 1.807) is 0 Å². The van der Waals surface area contributed by atoms with Gasteiger partial charge in [-0.25, -0.2) is 9.78 Å². The maximum atomic E-state index is 10.3. The number of rotatable bonds is 2. The zero-order valence-corrected chi connectivity index (χ0v) is 5.87. The summed E-state index contributed by atoms with van der Waals surface area (Å²) in [6.07, 6.45) is 1.36. The molecular formula is C7H6NO3. The fraction of sp³-hybridized carbons (Fsp3) is 0.143. The van der Waals surface area contributed by atoms with Gasteiger partial charge in [-0.15, -0.1) is 0 Å². The molecule has 1 radical (unpaired) electrons. The third-order valence-corrected chi connectivity index (χ3v) is 1.09. The van der Waals surface area contributed by atoms with Crippen LogP contribution in [0.5, 0.6) is 5.75 Å². The highest BCUT2D eigenvalue weighted by Crippen LogP contribution is 2.07. The van der Waals surface area contributed by atoms with Crippen molar-refractivity contribution >= 4 is 5.97 Å². The number of carboxylic acids is 1. The van der Waals surface area contributed by atoms with E-state index in [2.05, 4.69) is 11.1 Å². The van der Waals surface area contributed by atoms with Gasteiger partial charge in [0.05, 0.1) is 13.2 Å². The van der Waals surface area contributed by atoms with Crippen LogP contribution in [0.3, 0.4) is 0 Å². The maximum Gasteiger partial charge on any atom is 0.355 e. The first kappa shape index (κ1) is 7.53. The van der Waals surface area contributed by atoms with Crippen molar-refractivity contribution in [1.82, 2.24) is 4.98 Å². The van der Waals surface area contributed by atoms with Crippen LogP contribution in [-0.2, 0) is 0 Å². The molecule has 0 aliphatic heterocycles. The highest BCUT2D eigenvalue weighted by molar-refractivity contribution is 5.85. The number of hydrogen-bond acceptors (Lipinski definition) is 3. The standard InChI is InChI=1S/C7H6NO3/c1-11-5-2-3-8-6(4-5)7(9)10/h2-3H,1H3,(H,9,10). The molecule has 1 N–H and O–H groups in total.